The van der Waals surface area contributed by atoms with Gasteiger partial charge in [-0.05, 0) is 38.8 Å². The van der Waals surface area contributed by atoms with Crippen molar-refractivity contribution in [3.63, 3.8) is 0 Å². The van der Waals surface area contributed by atoms with Gasteiger partial charge >= 0.3 is 0 Å². The van der Waals surface area contributed by atoms with Crippen LogP contribution in [0.4, 0.5) is 0 Å². The number of rotatable bonds is 6. The monoisotopic (exact) mass is 304 g/mol. The summed E-state index contributed by atoms with van der Waals surface area (Å²) in [6.45, 7) is 5.81. The van der Waals surface area contributed by atoms with Crippen molar-refractivity contribution in [2.75, 3.05) is 20.1 Å². The second-order valence-electron chi connectivity index (χ2n) is 6.91. The van der Waals surface area contributed by atoms with Crippen LogP contribution in [-0.2, 0) is 17.9 Å². The van der Waals surface area contributed by atoms with E-state index in [-0.39, 0.29) is 0 Å². The Bertz CT molecular complexity index is 507. The zero-order valence-corrected chi connectivity index (χ0v) is 13.9. The fraction of sp³-hybridized carbons (Fsp3) is 0.765. The molecule has 0 bridgehead atoms. The molecule has 0 spiro atoms. The maximum absolute atomic E-state index is 12.2. The van der Waals surface area contributed by atoms with Crippen LogP contribution in [0.1, 0.15) is 44.7 Å². The minimum absolute atomic E-state index is 0.376. The molecule has 1 saturated heterocycles. The highest BCUT2D eigenvalue weighted by molar-refractivity contribution is 5.79. The third-order valence-corrected chi connectivity index (χ3v) is 5.03. The number of likely N-dealkylation sites (tertiary alicyclic amines) is 1. The van der Waals surface area contributed by atoms with E-state index in [0.717, 1.165) is 38.3 Å². The summed E-state index contributed by atoms with van der Waals surface area (Å²) in [5.74, 6) is 0.854. The molecular weight excluding hydrogens is 276 g/mol. The van der Waals surface area contributed by atoms with E-state index in [4.69, 9.17) is 0 Å². The van der Waals surface area contributed by atoms with Gasteiger partial charge in [-0.3, -0.25) is 9.48 Å². The van der Waals surface area contributed by atoms with Crippen molar-refractivity contribution in [3.8, 4) is 0 Å². The first-order valence-corrected chi connectivity index (χ1v) is 8.66. The molecule has 3 rings (SSSR count). The van der Waals surface area contributed by atoms with Gasteiger partial charge in [0.2, 0.25) is 5.91 Å². The molecule has 22 heavy (non-hydrogen) atoms. The van der Waals surface area contributed by atoms with Gasteiger partial charge in [-0.25, -0.2) is 0 Å². The maximum Gasteiger partial charge on any atom is 0.223 e. The number of aromatic nitrogens is 2. The van der Waals surface area contributed by atoms with Crippen molar-refractivity contribution in [2.24, 2.45) is 5.92 Å². The fourth-order valence-corrected chi connectivity index (χ4v) is 3.95. The molecule has 0 N–H and O–H groups in total. The predicted molar refractivity (Wildman–Crippen MR) is 86.3 cm³/mol. The number of carbonyl (C=O) groups is 1. The molecule has 1 aromatic rings. The standard InChI is InChI=1S/C17H28N4O/c1-3-20-9-8-15(18-20)13-19(2)11-14-10-17(22)21(12-14)16-6-4-5-7-16/h8-9,14,16H,3-7,10-13H2,1-2H3/t14-/m1/s1. The molecule has 5 heteroatoms. The zero-order valence-electron chi connectivity index (χ0n) is 13.9. The summed E-state index contributed by atoms with van der Waals surface area (Å²) in [4.78, 5) is 16.7. The lowest BCUT2D eigenvalue weighted by atomic mass is 10.1. The number of hydrogen-bond acceptors (Lipinski definition) is 3. The first kappa shape index (κ1) is 15.5. The molecule has 0 aromatic carbocycles. The molecule has 0 unspecified atom stereocenters. The molecule has 5 nitrogen and oxygen atoms in total. The molecule has 2 fully saturated rings. The highest BCUT2D eigenvalue weighted by Gasteiger charge is 2.35. The Morgan fingerprint density at radius 2 is 2.14 bits per heavy atom. The van der Waals surface area contributed by atoms with Crippen LogP contribution in [-0.4, -0.2) is 51.7 Å². The number of amides is 1. The van der Waals surface area contributed by atoms with E-state index in [1.54, 1.807) is 0 Å². The van der Waals surface area contributed by atoms with E-state index in [9.17, 15) is 4.79 Å². The fourth-order valence-electron chi connectivity index (χ4n) is 3.95. The highest BCUT2D eigenvalue weighted by atomic mass is 16.2. The molecule has 1 aliphatic carbocycles. The summed E-state index contributed by atoms with van der Waals surface area (Å²) in [6, 6.07) is 2.62. The molecule has 2 heterocycles. The Morgan fingerprint density at radius 3 is 2.82 bits per heavy atom. The largest absolute Gasteiger partial charge is 0.339 e. The summed E-state index contributed by atoms with van der Waals surface area (Å²) in [7, 11) is 2.13. The minimum atomic E-state index is 0.376. The minimum Gasteiger partial charge on any atom is -0.339 e. The Labute approximate surface area is 133 Å². The van der Waals surface area contributed by atoms with Gasteiger partial charge in [0.1, 0.15) is 0 Å². The van der Waals surface area contributed by atoms with Crippen LogP contribution in [0.3, 0.4) is 0 Å². The lowest BCUT2D eigenvalue weighted by molar-refractivity contribution is -0.129. The molecule has 1 aliphatic heterocycles. The third-order valence-electron chi connectivity index (χ3n) is 5.03. The number of carbonyl (C=O) groups excluding carboxylic acids is 1. The first-order valence-electron chi connectivity index (χ1n) is 8.66. The third kappa shape index (κ3) is 3.51. The SMILES string of the molecule is CCn1ccc(CN(C)C[C@H]2CC(=O)N(C3CCCC3)C2)n1. The summed E-state index contributed by atoms with van der Waals surface area (Å²) in [5, 5.41) is 4.53. The van der Waals surface area contributed by atoms with Crippen molar-refractivity contribution >= 4 is 5.91 Å². The molecule has 1 amide bonds. The molecule has 1 aromatic heterocycles. The Balaban J connectivity index is 1.49. The number of aryl methyl sites for hydroxylation is 1. The van der Waals surface area contributed by atoms with Crippen molar-refractivity contribution < 1.29 is 4.79 Å². The van der Waals surface area contributed by atoms with Crippen molar-refractivity contribution in [2.45, 2.75) is 58.2 Å². The van der Waals surface area contributed by atoms with Crippen LogP contribution in [0.15, 0.2) is 12.3 Å². The van der Waals surface area contributed by atoms with Crippen LogP contribution in [0.5, 0.6) is 0 Å². The normalized spacial score (nSPS) is 23.1. The van der Waals surface area contributed by atoms with Gasteiger partial charge in [0, 0.05) is 44.8 Å². The maximum atomic E-state index is 12.2. The van der Waals surface area contributed by atoms with Gasteiger partial charge in [0.15, 0.2) is 0 Å². The van der Waals surface area contributed by atoms with Gasteiger partial charge in [0.25, 0.3) is 0 Å². The Morgan fingerprint density at radius 1 is 1.36 bits per heavy atom. The van der Waals surface area contributed by atoms with Gasteiger partial charge < -0.3 is 9.80 Å². The van der Waals surface area contributed by atoms with E-state index in [2.05, 4.69) is 34.9 Å². The highest BCUT2D eigenvalue weighted by Crippen LogP contribution is 2.29. The predicted octanol–water partition coefficient (Wildman–Crippen LogP) is 2.13. The van der Waals surface area contributed by atoms with Gasteiger partial charge in [-0.1, -0.05) is 12.8 Å². The lowest BCUT2D eigenvalue weighted by Crippen LogP contribution is -2.35. The van der Waals surface area contributed by atoms with E-state index in [1.807, 2.05) is 10.9 Å². The molecule has 122 valence electrons. The number of hydrogen-bond donors (Lipinski definition) is 0. The molecule has 2 aliphatic rings. The Hall–Kier alpha value is -1.36. The van der Waals surface area contributed by atoms with E-state index in [1.165, 1.54) is 25.7 Å². The number of nitrogens with zero attached hydrogens (tertiary/aromatic N) is 4. The molecule has 0 radical (unpaired) electrons. The second kappa shape index (κ2) is 6.82. The van der Waals surface area contributed by atoms with Crippen molar-refractivity contribution in [3.05, 3.63) is 18.0 Å². The van der Waals surface area contributed by atoms with Crippen LogP contribution >= 0.6 is 0 Å². The van der Waals surface area contributed by atoms with E-state index < -0.39 is 0 Å². The van der Waals surface area contributed by atoms with E-state index in [0.29, 0.717) is 17.9 Å². The van der Waals surface area contributed by atoms with E-state index >= 15 is 0 Å². The second-order valence-corrected chi connectivity index (χ2v) is 6.91. The average Bonchev–Trinajstić information content (AvgIpc) is 3.19. The summed E-state index contributed by atoms with van der Waals surface area (Å²) in [5.41, 5.74) is 1.11. The summed E-state index contributed by atoms with van der Waals surface area (Å²) in [6.07, 6.45) is 7.76. The quantitative estimate of drug-likeness (QED) is 0.808. The summed E-state index contributed by atoms with van der Waals surface area (Å²) >= 11 is 0. The van der Waals surface area contributed by atoms with Crippen LogP contribution in [0, 0.1) is 5.92 Å². The molecular formula is C17H28N4O. The van der Waals surface area contributed by atoms with Gasteiger partial charge in [0.05, 0.1) is 5.69 Å². The van der Waals surface area contributed by atoms with Crippen LogP contribution in [0.2, 0.25) is 0 Å². The van der Waals surface area contributed by atoms with Crippen LogP contribution < -0.4 is 0 Å². The first-order chi connectivity index (χ1) is 10.7. The smallest absolute Gasteiger partial charge is 0.223 e. The van der Waals surface area contributed by atoms with Crippen LogP contribution in [0.25, 0.3) is 0 Å². The molecule has 1 saturated carbocycles. The zero-order chi connectivity index (χ0) is 15.5. The Kier molecular flexibility index (Phi) is 4.81. The summed E-state index contributed by atoms with van der Waals surface area (Å²) < 4.78 is 1.96. The topological polar surface area (TPSA) is 41.4 Å². The average molecular weight is 304 g/mol. The molecule has 1 atom stereocenters. The van der Waals surface area contributed by atoms with Crippen molar-refractivity contribution in [1.82, 2.24) is 19.6 Å². The lowest BCUT2D eigenvalue weighted by Gasteiger charge is -2.25. The van der Waals surface area contributed by atoms with Gasteiger partial charge in [-0.2, -0.15) is 5.10 Å². The van der Waals surface area contributed by atoms with Crippen molar-refractivity contribution in [1.29, 1.82) is 0 Å². The van der Waals surface area contributed by atoms with Gasteiger partial charge in [-0.15, -0.1) is 0 Å².